The minimum atomic E-state index is 0.127. The molecule has 1 aliphatic rings. The van der Waals surface area contributed by atoms with Crippen LogP contribution in [0.4, 0.5) is 0 Å². The number of hydrogen-bond acceptors (Lipinski definition) is 3. The average molecular weight is 314 g/mol. The van der Waals surface area contributed by atoms with Gasteiger partial charge in [0.1, 0.15) is 5.03 Å². The van der Waals surface area contributed by atoms with E-state index < -0.39 is 0 Å². The maximum absolute atomic E-state index is 12.0. The number of nitrogens with one attached hydrogen (secondary N) is 1. The monoisotopic (exact) mass is 314 g/mol. The maximum atomic E-state index is 12.0. The summed E-state index contributed by atoms with van der Waals surface area (Å²) in [6, 6.07) is 8.84. The van der Waals surface area contributed by atoms with Crippen molar-refractivity contribution in [2.45, 2.75) is 50.6 Å². The van der Waals surface area contributed by atoms with Crippen LogP contribution in [0.1, 0.15) is 36.8 Å². The number of aromatic nitrogens is 1. The van der Waals surface area contributed by atoms with Crippen LogP contribution >= 0.6 is 11.8 Å². The lowest BCUT2D eigenvalue weighted by Gasteiger charge is -2.12. The van der Waals surface area contributed by atoms with Crippen LogP contribution in [-0.2, 0) is 4.79 Å². The van der Waals surface area contributed by atoms with Crippen LogP contribution in [-0.4, -0.2) is 22.7 Å². The summed E-state index contributed by atoms with van der Waals surface area (Å²) in [5.41, 5.74) is 3.35. The summed E-state index contributed by atoms with van der Waals surface area (Å²) >= 11 is 1.54. The number of pyridine rings is 1. The molecule has 1 aliphatic carbocycles. The van der Waals surface area contributed by atoms with Crippen molar-refractivity contribution in [2.24, 2.45) is 0 Å². The maximum Gasteiger partial charge on any atom is 0.230 e. The first kappa shape index (κ1) is 15.3. The predicted octanol–water partition coefficient (Wildman–Crippen LogP) is 4.00. The summed E-state index contributed by atoms with van der Waals surface area (Å²) in [5.74, 6) is 0.573. The van der Waals surface area contributed by atoms with Crippen molar-refractivity contribution < 1.29 is 4.79 Å². The molecule has 0 spiro atoms. The summed E-state index contributed by atoms with van der Waals surface area (Å²) in [4.78, 5) is 16.8. The highest BCUT2D eigenvalue weighted by Gasteiger charge is 2.17. The van der Waals surface area contributed by atoms with Crippen LogP contribution in [0.15, 0.2) is 29.3 Å². The molecule has 0 unspecified atom stereocenters. The van der Waals surface area contributed by atoms with E-state index >= 15 is 0 Å². The highest BCUT2D eigenvalue weighted by molar-refractivity contribution is 7.99. The van der Waals surface area contributed by atoms with Crippen LogP contribution in [0, 0.1) is 13.8 Å². The van der Waals surface area contributed by atoms with Gasteiger partial charge in [0.05, 0.1) is 11.3 Å². The molecule has 1 fully saturated rings. The van der Waals surface area contributed by atoms with Crippen molar-refractivity contribution >= 4 is 28.6 Å². The number of amides is 1. The third-order valence-corrected chi connectivity index (χ3v) is 5.27. The second-order valence-corrected chi connectivity index (χ2v) is 7.11. The topological polar surface area (TPSA) is 42.0 Å². The lowest BCUT2D eigenvalue weighted by atomic mass is 10.1. The Bertz CT molecular complexity index is 693. The number of benzene rings is 1. The largest absolute Gasteiger partial charge is 0.353 e. The summed E-state index contributed by atoms with van der Waals surface area (Å²) in [6.45, 7) is 4.13. The second-order valence-electron chi connectivity index (χ2n) is 6.14. The smallest absolute Gasteiger partial charge is 0.230 e. The molecule has 4 heteroatoms. The molecule has 1 saturated carbocycles. The van der Waals surface area contributed by atoms with E-state index in [0.29, 0.717) is 11.8 Å². The summed E-state index contributed by atoms with van der Waals surface area (Å²) in [5, 5.41) is 5.24. The van der Waals surface area contributed by atoms with Gasteiger partial charge in [-0.2, -0.15) is 0 Å². The van der Waals surface area contributed by atoms with E-state index in [9.17, 15) is 4.79 Å². The van der Waals surface area contributed by atoms with Gasteiger partial charge in [0.25, 0.3) is 0 Å². The molecule has 3 rings (SSSR count). The molecule has 1 aromatic carbocycles. The highest BCUT2D eigenvalue weighted by Crippen LogP contribution is 2.25. The molecule has 1 heterocycles. The Morgan fingerprint density at radius 2 is 2.05 bits per heavy atom. The standard InChI is InChI=1S/C18H22N2OS/c1-12-7-8-14-10-13(2)18(20-16(14)9-12)22-11-17(21)19-15-5-3-4-6-15/h7-10,15H,3-6,11H2,1-2H3,(H,19,21). The molecule has 0 aliphatic heterocycles. The van der Waals surface area contributed by atoms with Gasteiger partial charge in [-0.15, -0.1) is 0 Å². The lowest BCUT2D eigenvalue weighted by molar-refractivity contribution is -0.119. The Morgan fingerprint density at radius 3 is 2.82 bits per heavy atom. The molecular weight excluding hydrogens is 292 g/mol. The average Bonchev–Trinajstić information content (AvgIpc) is 2.98. The fourth-order valence-electron chi connectivity index (χ4n) is 2.98. The molecule has 0 saturated heterocycles. The van der Waals surface area contributed by atoms with Crippen LogP contribution in [0.3, 0.4) is 0 Å². The summed E-state index contributed by atoms with van der Waals surface area (Å²) in [6.07, 6.45) is 4.73. The van der Waals surface area contributed by atoms with E-state index in [0.717, 1.165) is 34.3 Å². The molecule has 0 radical (unpaired) electrons. The van der Waals surface area contributed by atoms with Crippen molar-refractivity contribution in [2.75, 3.05) is 5.75 Å². The van der Waals surface area contributed by atoms with Crippen molar-refractivity contribution in [1.29, 1.82) is 0 Å². The zero-order valence-corrected chi connectivity index (χ0v) is 14.0. The van der Waals surface area contributed by atoms with E-state index in [2.05, 4.69) is 43.4 Å². The molecule has 116 valence electrons. The quantitative estimate of drug-likeness (QED) is 0.867. The molecule has 2 aromatic rings. The van der Waals surface area contributed by atoms with Crippen LogP contribution < -0.4 is 5.32 Å². The molecule has 22 heavy (non-hydrogen) atoms. The van der Waals surface area contributed by atoms with Crippen LogP contribution in [0.5, 0.6) is 0 Å². The van der Waals surface area contributed by atoms with Crippen molar-refractivity contribution in [3.8, 4) is 0 Å². The van der Waals surface area contributed by atoms with E-state index in [1.54, 1.807) is 0 Å². The van der Waals surface area contributed by atoms with E-state index in [4.69, 9.17) is 4.98 Å². The van der Waals surface area contributed by atoms with Gasteiger partial charge in [-0.1, -0.05) is 36.7 Å². The molecule has 1 amide bonds. The number of rotatable bonds is 4. The number of hydrogen-bond donors (Lipinski definition) is 1. The fraction of sp³-hybridized carbons (Fsp3) is 0.444. The van der Waals surface area contributed by atoms with Gasteiger partial charge >= 0.3 is 0 Å². The first-order chi connectivity index (χ1) is 10.6. The third-order valence-electron chi connectivity index (χ3n) is 4.18. The number of fused-ring (bicyclic) bond motifs is 1. The Kier molecular flexibility index (Phi) is 4.67. The Morgan fingerprint density at radius 1 is 1.27 bits per heavy atom. The number of thioether (sulfide) groups is 1. The predicted molar refractivity (Wildman–Crippen MR) is 92.3 cm³/mol. The van der Waals surface area contributed by atoms with E-state index in [1.807, 2.05) is 0 Å². The Balaban J connectivity index is 1.67. The van der Waals surface area contributed by atoms with Crippen molar-refractivity contribution in [3.05, 3.63) is 35.4 Å². The molecule has 1 N–H and O–H groups in total. The summed E-state index contributed by atoms with van der Waals surface area (Å²) < 4.78 is 0. The number of aryl methyl sites for hydroxylation is 2. The van der Waals surface area contributed by atoms with E-state index in [-0.39, 0.29) is 5.91 Å². The zero-order valence-electron chi connectivity index (χ0n) is 13.2. The number of carbonyl (C=O) groups is 1. The molecule has 0 bridgehead atoms. The SMILES string of the molecule is Cc1ccc2cc(C)c(SCC(=O)NC3CCCC3)nc2c1. The van der Waals surface area contributed by atoms with Crippen molar-refractivity contribution in [1.82, 2.24) is 10.3 Å². The molecular formula is C18H22N2OS. The first-order valence-electron chi connectivity index (χ1n) is 7.92. The van der Waals surface area contributed by atoms with Gasteiger partial charge in [0, 0.05) is 11.4 Å². The second kappa shape index (κ2) is 6.69. The molecule has 0 atom stereocenters. The van der Waals surface area contributed by atoms with Gasteiger partial charge in [-0.25, -0.2) is 4.98 Å². The highest BCUT2D eigenvalue weighted by atomic mass is 32.2. The van der Waals surface area contributed by atoms with Gasteiger partial charge in [-0.3, -0.25) is 4.79 Å². The third kappa shape index (κ3) is 3.61. The van der Waals surface area contributed by atoms with Gasteiger partial charge in [0.2, 0.25) is 5.91 Å². The normalized spacial score (nSPS) is 15.4. The first-order valence-corrected chi connectivity index (χ1v) is 8.90. The zero-order chi connectivity index (χ0) is 15.5. The Hall–Kier alpha value is -1.55. The minimum Gasteiger partial charge on any atom is -0.353 e. The molecule has 1 aromatic heterocycles. The van der Waals surface area contributed by atoms with Gasteiger partial charge in [0.15, 0.2) is 0 Å². The van der Waals surface area contributed by atoms with Crippen LogP contribution in [0.25, 0.3) is 10.9 Å². The minimum absolute atomic E-state index is 0.127. The number of nitrogens with zero attached hydrogens (tertiary/aromatic N) is 1. The molecule has 3 nitrogen and oxygen atoms in total. The Labute approximate surface area is 135 Å². The van der Waals surface area contributed by atoms with E-state index in [1.165, 1.54) is 30.2 Å². The van der Waals surface area contributed by atoms with Gasteiger partial charge in [-0.05, 0) is 49.9 Å². The fourth-order valence-corrected chi connectivity index (χ4v) is 3.79. The summed E-state index contributed by atoms with van der Waals surface area (Å²) in [7, 11) is 0. The van der Waals surface area contributed by atoms with Crippen molar-refractivity contribution in [3.63, 3.8) is 0 Å². The van der Waals surface area contributed by atoms with Crippen LogP contribution in [0.2, 0.25) is 0 Å². The lowest BCUT2D eigenvalue weighted by Crippen LogP contribution is -2.33. The van der Waals surface area contributed by atoms with Gasteiger partial charge < -0.3 is 5.32 Å². The number of carbonyl (C=O) groups excluding carboxylic acids is 1.